The van der Waals surface area contributed by atoms with Crippen molar-refractivity contribution in [2.75, 3.05) is 13.2 Å². The van der Waals surface area contributed by atoms with Crippen LogP contribution in [0.3, 0.4) is 0 Å². The van der Waals surface area contributed by atoms with E-state index in [1.165, 1.54) is 77.0 Å². The molecule has 0 bridgehead atoms. The highest BCUT2D eigenvalue weighted by atomic mass is 32.3. The van der Waals surface area contributed by atoms with Crippen molar-refractivity contribution in [3.63, 3.8) is 0 Å². The SMILES string of the molecule is CCCCCCCCOCCCCCCCC.N.O=S(=O)(O)O. The lowest BCUT2D eigenvalue weighted by molar-refractivity contribution is 0.125. The van der Waals surface area contributed by atoms with E-state index in [0.29, 0.717) is 0 Å². The summed E-state index contributed by atoms with van der Waals surface area (Å²) in [6, 6.07) is 0. The van der Waals surface area contributed by atoms with E-state index in [4.69, 9.17) is 22.3 Å². The zero-order valence-electron chi connectivity index (χ0n) is 15.1. The first-order valence-corrected chi connectivity index (χ1v) is 10.1. The number of hydrogen-bond acceptors (Lipinski definition) is 4. The molecule has 23 heavy (non-hydrogen) atoms. The first-order chi connectivity index (χ1) is 10.4. The molecule has 0 heterocycles. The van der Waals surface area contributed by atoms with Crippen LogP contribution in [0.4, 0.5) is 0 Å². The van der Waals surface area contributed by atoms with E-state index in [2.05, 4.69) is 13.8 Å². The Morgan fingerprint density at radius 3 is 1.22 bits per heavy atom. The molecule has 0 spiro atoms. The van der Waals surface area contributed by atoms with Gasteiger partial charge >= 0.3 is 10.4 Å². The Morgan fingerprint density at radius 2 is 0.913 bits per heavy atom. The number of rotatable bonds is 14. The lowest BCUT2D eigenvalue weighted by atomic mass is 10.1. The first kappa shape index (κ1) is 27.6. The highest BCUT2D eigenvalue weighted by molar-refractivity contribution is 7.79. The maximum Gasteiger partial charge on any atom is 0.394 e. The maximum absolute atomic E-state index is 8.74. The van der Waals surface area contributed by atoms with Gasteiger partial charge in [0.25, 0.3) is 0 Å². The molecule has 6 nitrogen and oxygen atoms in total. The molecule has 7 heteroatoms. The van der Waals surface area contributed by atoms with Gasteiger partial charge in [-0.25, -0.2) is 0 Å². The summed E-state index contributed by atoms with van der Waals surface area (Å²) in [5.41, 5.74) is 0. The van der Waals surface area contributed by atoms with Crippen molar-refractivity contribution >= 4 is 10.4 Å². The number of hydrogen-bond donors (Lipinski definition) is 3. The van der Waals surface area contributed by atoms with Gasteiger partial charge in [-0.1, -0.05) is 78.1 Å². The molecule has 0 radical (unpaired) electrons. The molecule has 0 aromatic heterocycles. The molecule has 0 saturated heterocycles. The molecule has 0 aliphatic rings. The van der Waals surface area contributed by atoms with Gasteiger partial charge in [0, 0.05) is 13.2 Å². The normalized spacial score (nSPS) is 10.6. The van der Waals surface area contributed by atoms with Gasteiger partial charge in [0.05, 0.1) is 0 Å². The van der Waals surface area contributed by atoms with Gasteiger partial charge in [-0.15, -0.1) is 0 Å². The predicted octanol–water partition coefficient (Wildman–Crippen LogP) is 5.23. The van der Waals surface area contributed by atoms with Crippen LogP contribution in [0.2, 0.25) is 0 Å². The van der Waals surface area contributed by atoms with Gasteiger partial charge in [0.1, 0.15) is 0 Å². The molecule has 5 N–H and O–H groups in total. The minimum atomic E-state index is -4.67. The zero-order valence-corrected chi connectivity index (χ0v) is 16.0. The second-order valence-corrected chi connectivity index (χ2v) is 6.49. The molecule has 0 unspecified atom stereocenters. The molecule has 0 aliphatic heterocycles. The van der Waals surface area contributed by atoms with Crippen molar-refractivity contribution in [2.24, 2.45) is 0 Å². The van der Waals surface area contributed by atoms with Gasteiger partial charge in [-0.2, -0.15) is 8.42 Å². The zero-order chi connectivity index (χ0) is 17.1. The smallest absolute Gasteiger partial charge is 0.381 e. The molecule has 0 saturated carbocycles. The van der Waals surface area contributed by atoms with Crippen molar-refractivity contribution in [1.29, 1.82) is 0 Å². The van der Waals surface area contributed by atoms with Crippen molar-refractivity contribution in [1.82, 2.24) is 6.15 Å². The summed E-state index contributed by atoms with van der Waals surface area (Å²) in [6.07, 6.45) is 16.3. The van der Waals surface area contributed by atoms with Crippen molar-refractivity contribution in [3.05, 3.63) is 0 Å². The predicted molar refractivity (Wildman–Crippen MR) is 96.8 cm³/mol. The van der Waals surface area contributed by atoms with Crippen molar-refractivity contribution in [2.45, 2.75) is 90.9 Å². The Morgan fingerprint density at radius 1 is 0.652 bits per heavy atom. The van der Waals surface area contributed by atoms with E-state index in [-0.39, 0.29) is 6.15 Å². The van der Waals surface area contributed by atoms with E-state index in [1.54, 1.807) is 0 Å². The quantitative estimate of drug-likeness (QED) is 0.289. The molecule has 0 aromatic carbocycles. The summed E-state index contributed by atoms with van der Waals surface area (Å²) in [5, 5.41) is 0. The monoisotopic (exact) mass is 357 g/mol. The van der Waals surface area contributed by atoms with Crippen molar-refractivity contribution in [3.8, 4) is 0 Å². The third-order valence-corrected chi connectivity index (χ3v) is 3.28. The van der Waals surface area contributed by atoms with E-state index >= 15 is 0 Å². The van der Waals surface area contributed by atoms with Crippen LogP contribution in [0, 0.1) is 0 Å². The standard InChI is InChI=1S/C16H34O.H3N.H2O4S/c1-3-5-7-9-11-13-15-17-16-14-12-10-8-6-4-2;;1-5(2,3)4/h3-16H2,1-2H3;1H3;(H2,1,2,3,4). The summed E-state index contributed by atoms with van der Waals surface area (Å²) < 4.78 is 37.2. The van der Waals surface area contributed by atoms with E-state index in [0.717, 1.165) is 13.2 Å². The highest BCUT2D eigenvalue weighted by Crippen LogP contribution is 2.06. The van der Waals surface area contributed by atoms with E-state index < -0.39 is 10.4 Å². The third-order valence-electron chi connectivity index (χ3n) is 3.28. The van der Waals surface area contributed by atoms with Crippen LogP contribution in [0.5, 0.6) is 0 Å². The fourth-order valence-electron chi connectivity index (χ4n) is 2.07. The van der Waals surface area contributed by atoms with Crippen molar-refractivity contribution < 1.29 is 22.3 Å². The van der Waals surface area contributed by atoms with Crippen LogP contribution in [0.25, 0.3) is 0 Å². The van der Waals surface area contributed by atoms with Crippen LogP contribution in [0.1, 0.15) is 90.9 Å². The molecule has 0 rings (SSSR count). The summed E-state index contributed by atoms with van der Waals surface area (Å²) in [4.78, 5) is 0. The molecule has 0 aliphatic carbocycles. The van der Waals surface area contributed by atoms with Crippen LogP contribution in [-0.2, 0) is 15.1 Å². The minimum Gasteiger partial charge on any atom is -0.381 e. The Bertz CT molecular complexity index is 275. The third kappa shape index (κ3) is 44.9. The molecule has 0 atom stereocenters. The average molecular weight is 358 g/mol. The van der Waals surface area contributed by atoms with Gasteiger partial charge in [0.2, 0.25) is 0 Å². The molecular formula is C16H39NO5S. The second-order valence-electron chi connectivity index (χ2n) is 5.60. The topological polar surface area (TPSA) is 119 Å². The van der Waals surface area contributed by atoms with E-state index in [9.17, 15) is 0 Å². The van der Waals surface area contributed by atoms with Gasteiger partial charge in [-0.3, -0.25) is 9.11 Å². The van der Waals surface area contributed by atoms with Gasteiger partial charge in [0.15, 0.2) is 0 Å². The maximum atomic E-state index is 8.74. The average Bonchev–Trinajstić information content (AvgIpc) is 2.42. The molecular weight excluding hydrogens is 318 g/mol. The summed E-state index contributed by atoms with van der Waals surface area (Å²) in [7, 11) is -4.67. The molecule has 0 amide bonds. The lowest BCUT2D eigenvalue weighted by Gasteiger charge is -2.04. The lowest BCUT2D eigenvalue weighted by Crippen LogP contribution is -1.97. The van der Waals surface area contributed by atoms with E-state index in [1.807, 2.05) is 0 Å². The Kier molecular flexibility index (Phi) is 26.2. The summed E-state index contributed by atoms with van der Waals surface area (Å²) in [5.74, 6) is 0. The van der Waals surface area contributed by atoms with Crippen LogP contribution in [-0.4, -0.2) is 30.7 Å². The minimum absolute atomic E-state index is 0. The largest absolute Gasteiger partial charge is 0.394 e. The van der Waals surface area contributed by atoms with Crippen LogP contribution >= 0.6 is 0 Å². The molecule has 0 fully saturated rings. The van der Waals surface area contributed by atoms with Gasteiger partial charge < -0.3 is 10.9 Å². The second kappa shape index (κ2) is 21.8. The Balaban J connectivity index is -0.000000578. The summed E-state index contributed by atoms with van der Waals surface area (Å²) in [6.45, 7) is 6.51. The number of ether oxygens (including phenoxy) is 1. The Hall–Kier alpha value is -0.210. The fourth-order valence-corrected chi connectivity index (χ4v) is 2.07. The van der Waals surface area contributed by atoms with Crippen LogP contribution in [0.15, 0.2) is 0 Å². The number of unbranched alkanes of at least 4 members (excludes halogenated alkanes) is 10. The first-order valence-electron chi connectivity index (χ1n) is 8.69. The van der Waals surface area contributed by atoms with Crippen LogP contribution < -0.4 is 6.15 Å². The molecule has 0 aromatic rings. The highest BCUT2D eigenvalue weighted by Gasteiger charge is 1.92. The molecule has 144 valence electrons. The summed E-state index contributed by atoms with van der Waals surface area (Å²) >= 11 is 0. The van der Waals surface area contributed by atoms with Gasteiger partial charge in [-0.05, 0) is 12.8 Å². The Labute approximate surface area is 143 Å². The fraction of sp³-hybridized carbons (Fsp3) is 1.00.